The van der Waals surface area contributed by atoms with E-state index in [-0.39, 0.29) is 49.7 Å². The predicted molar refractivity (Wildman–Crippen MR) is 149 cm³/mol. The number of nitrogens with zero attached hydrogens (tertiary/aromatic N) is 2. The number of esters is 1. The Hall–Kier alpha value is -2.91. The summed E-state index contributed by atoms with van der Waals surface area (Å²) in [4.78, 5) is 34.8. The fourth-order valence-corrected chi connectivity index (χ4v) is 6.88. The fourth-order valence-electron chi connectivity index (χ4n) is 6.88. The number of nitrogens with one attached hydrogen (secondary N) is 3. The topological polar surface area (TPSA) is 99.4 Å². The normalized spacial score (nSPS) is 26.1. The van der Waals surface area contributed by atoms with Gasteiger partial charge in [-0.15, -0.1) is 0 Å². The molecule has 3 fully saturated rings. The van der Waals surface area contributed by atoms with E-state index in [1.54, 1.807) is 18.0 Å². The van der Waals surface area contributed by atoms with Crippen molar-refractivity contribution in [3.05, 3.63) is 42.8 Å². The summed E-state index contributed by atoms with van der Waals surface area (Å²) in [5.41, 5.74) is 0.767. The van der Waals surface area contributed by atoms with Crippen LogP contribution in [0.15, 0.2) is 36.9 Å². The van der Waals surface area contributed by atoms with Crippen LogP contribution in [0.5, 0.6) is 0 Å². The Balaban J connectivity index is 1.59. The highest BCUT2D eigenvalue weighted by atomic mass is 19.3. The quantitative estimate of drug-likeness (QED) is 0.347. The number of aromatic nitrogens is 2. The number of likely N-dealkylation sites (tertiary alicyclic amines) is 1. The van der Waals surface area contributed by atoms with Crippen LogP contribution in [0.4, 0.5) is 8.78 Å². The molecule has 1 aromatic rings. The highest BCUT2D eigenvalue weighted by molar-refractivity contribution is 5.90. The van der Waals surface area contributed by atoms with Gasteiger partial charge in [-0.25, -0.2) is 18.6 Å². The number of hydrogen-bond donors (Lipinski definition) is 3. The van der Waals surface area contributed by atoms with Gasteiger partial charge in [0.25, 0.3) is 11.8 Å². The van der Waals surface area contributed by atoms with Gasteiger partial charge in [-0.2, -0.15) is 0 Å². The van der Waals surface area contributed by atoms with Gasteiger partial charge in [0.1, 0.15) is 6.04 Å². The molecule has 3 aliphatic rings. The largest absolute Gasteiger partial charge is 0.464 e. The number of rotatable bonds is 10. The number of ether oxygens (including phenoxy) is 1. The molecule has 1 amide bonds. The molecular formula is C30H45F2N5O3. The highest BCUT2D eigenvalue weighted by Crippen LogP contribution is 2.52. The minimum absolute atomic E-state index is 0.0437. The molecule has 4 rings (SSSR count). The van der Waals surface area contributed by atoms with Gasteiger partial charge in [-0.05, 0) is 37.5 Å². The van der Waals surface area contributed by atoms with Crippen LogP contribution in [0.1, 0.15) is 83.3 Å². The zero-order valence-electron chi connectivity index (χ0n) is 24.3. The molecule has 2 saturated carbocycles. The lowest BCUT2D eigenvalue weighted by atomic mass is 9.80. The number of halogens is 2. The zero-order chi connectivity index (χ0) is 29.2. The summed E-state index contributed by atoms with van der Waals surface area (Å²) in [6, 6.07) is -1.60. The van der Waals surface area contributed by atoms with Crippen molar-refractivity contribution < 1.29 is 23.1 Å². The number of imidazole rings is 1. The summed E-state index contributed by atoms with van der Waals surface area (Å²) in [5, 5.41) is 6.67. The first-order chi connectivity index (χ1) is 18.8. The van der Waals surface area contributed by atoms with E-state index >= 15 is 0 Å². The molecule has 0 radical (unpaired) electrons. The van der Waals surface area contributed by atoms with Gasteiger partial charge in [0, 0.05) is 48.6 Å². The van der Waals surface area contributed by atoms with Crippen molar-refractivity contribution in [2.75, 3.05) is 13.2 Å². The van der Waals surface area contributed by atoms with Crippen molar-refractivity contribution in [2.24, 2.45) is 23.2 Å². The molecule has 0 aromatic carbocycles. The molecule has 8 nitrogen and oxygen atoms in total. The second kappa shape index (κ2) is 11.9. The summed E-state index contributed by atoms with van der Waals surface area (Å²) in [7, 11) is 0. The third-order valence-corrected chi connectivity index (χ3v) is 8.93. The van der Waals surface area contributed by atoms with E-state index in [1.807, 2.05) is 20.8 Å². The zero-order valence-corrected chi connectivity index (χ0v) is 24.3. The molecular weight excluding hydrogens is 516 g/mol. The lowest BCUT2D eigenvalue weighted by Crippen LogP contribution is -2.53. The van der Waals surface area contributed by atoms with Crippen LogP contribution < -0.4 is 10.6 Å². The number of carbonyl (C=O) groups excluding carboxylic acids is 2. The number of hydrogen-bond acceptors (Lipinski definition) is 6. The van der Waals surface area contributed by atoms with Gasteiger partial charge in [0.2, 0.25) is 0 Å². The summed E-state index contributed by atoms with van der Waals surface area (Å²) in [5.74, 6) is -4.62. The van der Waals surface area contributed by atoms with E-state index in [2.05, 4.69) is 33.8 Å². The molecule has 40 heavy (non-hydrogen) atoms. The number of carbonyl (C=O) groups is 2. The smallest absolute Gasteiger partial charge is 0.329 e. The van der Waals surface area contributed by atoms with Crippen molar-refractivity contribution in [1.29, 1.82) is 0 Å². The van der Waals surface area contributed by atoms with Crippen LogP contribution in [0.2, 0.25) is 0 Å². The van der Waals surface area contributed by atoms with Crippen LogP contribution in [-0.2, 0) is 9.53 Å². The molecule has 10 heteroatoms. The number of H-pyrrole nitrogens is 1. The van der Waals surface area contributed by atoms with E-state index in [4.69, 9.17) is 4.74 Å². The first-order valence-electron chi connectivity index (χ1n) is 14.6. The van der Waals surface area contributed by atoms with Gasteiger partial charge >= 0.3 is 5.97 Å². The van der Waals surface area contributed by atoms with Crippen molar-refractivity contribution >= 4 is 11.9 Å². The van der Waals surface area contributed by atoms with Crippen molar-refractivity contribution in [3.63, 3.8) is 0 Å². The average Bonchev–Trinajstić information content (AvgIpc) is 3.63. The maximum absolute atomic E-state index is 14.9. The van der Waals surface area contributed by atoms with E-state index < -0.39 is 41.2 Å². The summed E-state index contributed by atoms with van der Waals surface area (Å²) >= 11 is 0. The summed E-state index contributed by atoms with van der Waals surface area (Å²) in [6.07, 6.45) is 8.43. The van der Waals surface area contributed by atoms with Gasteiger partial charge in [-0.3, -0.25) is 4.79 Å². The van der Waals surface area contributed by atoms with Gasteiger partial charge < -0.3 is 25.3 Å². The van der Waals surface area contributed by atoms with Gasteiger partial charge in [-0.1, -0.05) is 53.2 Å². The number of fused-ring (bicyclic) bond motifs is 1. The number of amides is 1. The van der Waals surface area contributed by atoms with E-state index in [1.165, 1.54) is 6.20 Å². The lowest BCUT2D eigenvalue weighted by Gasteiger charge is -2.42. The van der Waals surface area contributed by atoms with Crippen molar-refractivity contribution in [3.8, 4) is 0 Å². The molecule has 1 aliphatic heterocycles. The van der Waals surface area contributed by atoms with Crippen LogP contribution in [0.25, 0.3) is 0 Å². The predicted octanol–water partition coefficient (Wildman–Crippen LogP) is 5.03. The standard InChI is InChI=1S/C30H45F2N5O3/c1-7-40-28(39)24-21-13-14-30(31,32)22(21)17-37(24)19(3)25(29(4,5)6)35-18(2)23(20-11-9-8-10-12-20)36-27(38)26-33-15-16-34-26/h15-16,20-25,35H,2-3,7-14,17H2,1,4-6H3,(H,33,34)(H,36,38)/t21-,22-,23+,24-,25+/m0/s1. The molecule has 2 aliphatic carbocycles. The Morgan fingerprint density at radius 1 is 1.20 bits per heavy atom. The van der Waals surface area contributed by atoms with Crippen LogP contribution >= 0.6 is 0 Å². The molecule has 0 unspecified atom stereocenters. The lowest BCUT2D eigenvalue weighted by molar-refractivity contribution is -0.149. The summed E-state index contributed by atoms with van der Waals surface area (Å²) < 4.78 is 35.1. The van der Waals surface area contributed by atoms with Crippen LogP contribution in [0.3, 0.4) is 0 Å². The third kappa shape index (κ3) is 6.20. The van der Waals surface area contributed by atoms with Gasteiger partial charge in [0.15, 0.2) is 5.82 Å². The summed E-state index contributed by atoms with van der Waals surface area (Å²) in [6.45, 7) is 16.8. The maximum Gasteiger partial charge on any atom is 0.329 e. The van der Waals surface area contributed by atoms with Crippen LogP contribution in [0, 0.1) is 23.2 Å². The van der Waals surface area contributed by atoms with Gasteiger partial charge in [0.05, 0.1) is 18.7 Å². The van der Waals surface area contributed by atoms with Crippen molar-refractivity contribution in [2.45, 2.75) is 96.7 Å². The molecule has 5 atom stereocenters. The van der Waals surface area contributed by atoms with Crippen molar-refractivity contribution in [1.82, 2.24) is 25.5 Å². The minimum Gasteiger partial charge on any atom is -0.464 e. The van der Waals surface area contributed by atoms with E-state index in [0.717, 1.165) is 32.1 Å². The Kier molecular flexibility index (Phi) is 8.95. The van der Waals surface area contributed by atoms with E-state index in [9.17, 15) is 18.4 Å². The Morgan fingerprint density at radius 2 is 1.90 bits per heavy atom. The first-order valence-corrected chi connectivity index (χ1v) is 14.6. The molecule has 1 aromatic heterocycles. The number of aromatic amines is 1. The number of alkyl halides is 2. The van der Waals surface area contributed by atoms with E-state index in [0.29, 0.717) is 11.4 Å². The Bertz CT molecular complexity index is 1080. The third-order valence-electron chi connectivity index (χ3n) is 8.93. The first kappa shape index (κ1) is 30.1. The van der Waals surface area contributed by atoms with Crippen LogP contribution in [-0.4, -0.2) is 63.9 Å². The Morgan fingerprint density at radius 3 is 2.50 bits per heavy atom. The highest BCUT2D eigenvalue weighted by Gasteiger charge is 2.61. The fraction of sp³-hybridized carbons (Fsp3) is 0.700. The molecule has 2 heterocycles. The molecule has 0 bridgehead atoms. The molecule has 1 saturated heterocycles. The molecule has 3 N–H and O–H groups in total. The second-order valence-corrected chi connectivity index (χ2v) is 12.7. The second-order valence-electron chi connectivity index (χ2n) is 12.7. The Labute approximate surface area is 236 Å². The SMILES string of the molecule is C=C(N[C@H](C(=C)N1C[C@H]2[C@H](CCC2(F)F)[C@H]1C(=O)OCC)C(C)(C)C)[C@@H](NC(=O)c1ncc[nH]1)C1CCCCC1. The average molecular weight is 562 g/mol. The molecule has 222 valence electrons. The maximum atomic E-state index is 14.9. The molecule has 0 spiro atoms. The monoisotopic (exact) mass is 561 g/mol. The minimum atomic E-state index is -2.83.